The van der Waals surface area contributed by atoms with E-state index in [4.69, 9.17) is 9.47 Å². The zero-order valence-corrected chi connectivity index (χ0v) is 8.64. The third-order valence-electron chi connectivity index (χ3n) is 1.63. The normalized spacial score (nSPS) is 11.0. The topological polar surface area (TPSA) is 18.5 Å². The van der Waals surface area contributed by atoms with Crippen molar-refractivity contribution in [2.75, 3.05) is 13.4 Å². The number of ether oxygens (including phenoxy) is 2. The van der Waals surface area contributed by atoms with E-state index < -0.39 is 0 Å². The molecule has 0 radical (unpaired) electrons. The molecule has 0 amide bonds. The van der Waals surface area contributed by atoms with Crippen LogP contribution in [0.1, 0.15) is 46.5 Å². The Morgan fingerprint density at radius 2 is 1.83 bits per heavy atom. The standard InChI is InChI=1S/C10H22O2/c1-4-5-6-7-8-11-9-12-10(2)3/h10H,4-9H2,1-3H3. The number of hydrogen-bond donors (Lipinski definition) is 0. The van der Waals surface area contributed by atoms with Crippen molar-refractivity contribution < 1.29 is 9.47 Å². The van der Waals surface area contributed by atoms with Crippen molar-refractivity contribution in [3.63, 3.8) is 0 Å². The largest absolute Gasteiger partial charge is 0.355 e. The molecule has 0 unspecified atom stereocenters. The highest BCUT2D eigenvalue weighted by Gasteiger charge is 1.92. The first kappa shape index (κ1) is 11.9. The van der Waals surface area contributed by atoms with Crippen molar-refractivity contribution in [3.8, 4) is 0 Å². The molecule has 0 atom stereocenters. The van der Waals surface area contributed by atoms with Gasteiger partial charge in [-0.15, -0.1) is 0 Å². The summed E-state index contributed by atoms with van der Waals surface area (Å²) in [6.07, 6.45) is 5.31. The summed E-state index contributed by atoms with van der Waals surface area (Å²) >= 11 is 0. The molecule has 0 aliphatic carbocycles. The lowest BCUT2D eigenvalue weighted by Crippen LogP contribution is -2.07. The van der Waals surface area contributed by atoms with Crippen LogP contribution in [0.3, 0.4) is 0 Å². The van der Waals surface area contributed by atoms with Gasteiger partial charge in [0.05, 0.1) is 6.10 Å². The summed E-state index contributed by atoms with van der Waals surface area (Å²) in [5.74, 6) is 0. The Morgan fingerprint density at radius 1 is 1.08 bits per heavy atom. The molecule has 12 heavy (non-hydrogen) atoms. The summed E-state index contributed by atoms with van der Waals surface area (Å²) in [6, 6.07) is 0. The van der Waals surface area contributed by atoms with Crippen LogP contribution in [0.25, 0.3) is 0 Å². The van der Waals surface area contributed by atoms with Gasteiger partial charge in [0.2, 0.25) is 0 Å². The molecule has 0 aliphatic rings. The van der Waals surface area contributed by atoms with Crippen molar-refractivity contribution >= 4 is 0 Å². The molecule has 0 spiro atoms. The van der Waals surface area contributed by atoms with Crippen molar-refractivity contribution in [2.45, 2.75) is 52.6 Å². The fourth-order valence-electron chi connectivity index (χ4n) is 0.874. The Morgan fingerprint density at radius 3 is 2.42 bits per heavy atom. The quantitative estimate of drug-likeness (QED) is 0.416. The number of hydrogen-bond acceptors (Lipinski definition) is 2. The molecule has 2 heteroatoms. The summed E-state index contributed by atoms with van der Waals surface area (Å²) < 4.78 is 10.5. The van der Waals surface area contributed by atoms with Crippen LogP contribution in [-0.2, 0) is 9.47 Å². The molecule has 0 aromatic carbocycles. The van der Waals surface area contributed by atoms with Gasteiger partial charge in [0, 0.05) is 6.61 Å². The van der Waals surface area contributed by atoms with Crippen LogP contribution in [0.2, 0.25) is 0 Å². The van der Waals surface area contributed by atoms with Crippen molar-refractivity contribution in [2.24, 2.45) is 0 Å². The Bertz CT molecular complexity index is 81.9. The predicted molar refractivity (Wildman–Crippen MR) is 51.2 cm³/mol. The lowest BCUT2D eigenvalue weighted by molar-refractivity contribution is -0.0790. The van der Waals surface area contributed by atoms with Crippen molar-refractivity contribution in [1.82, 2.24) is 0 Å². The highest BCUT2D eigenvalue weighted by atomic mass is 16.7. The third-order valence-corrected chi connectivity index (χ3v) is 1.63. The third kappa shape index (κ3) is 9.92. The van der Waals surface area contributed by atoms with Crippen LogP contribution >= 0.6 is 0 Å². The SMILES string of the molecule is CCCCCCOCOC(C)C. The molecule has 0 fully saturated rings. The van der Waals surface area contributed by atoms with Crippen LogP contribution in [0, 0.1) is 0 Å². The zero-order chi connectivity index (χ0) is 9.23. The van der Waals surface area contributed by atoms with Crippen LogP contribution in [0.15, 0.2) is 0 Å². The van der Waals surface area contributed by atoms with Gasteiger partial charge in [-0.2, -0.15) is 0 Å². The maximum Gasteiger partial charge on any atom is 0.147 e. The molecule has 0 saturated heterocycles. The van der Waals surface area contributed by atoms with E-state index in [1.807, 2.05) is 13.8 Å². The minimum atomic E-state index is 0.278. The van der Waals surface area contributed by atoms with Gasteiger partial charge in [0.1, 0.15) is 6.79 Å². The second-order valence-corrected chi connectivity index (χ2v) is 3.30. The van der Waals surface area contributed by atoms with Crippen LogP contribution in [0.5, 0.6) is 0 Å². The fraction of sp³-hybridized carbons (Fsp3) is 1.00. The average molecular weight is 174 g/mol. The molecular weight excluding hydrogens is 152 g/mol. The van der Waals surface area contributed by atoms with Crippen molar-refractivity contribution in [1.29, 1.82) is 0 Å². The fourth-order valence-corrected chi connectivity index (χ4v) is 0.874. The highest BCUT2D eigenvalue weighted by molar-refractivity contribution is 4.38. The van der Waals surface area contributed by atoms with E-state index in [0.717, 1.165) is 13.0 Å². The molecule has 2 nitrogen and oxygen atoms in total. The second-order valence-electron chi connectivity index (χ2n) is 3.30. The maximum atomic E-state index is 5.27. The Hall–Kier alpha value is -0.0800. The summed E-state index contributed by atoms with van der Waals surface area (Å²) in [4.78, 5) is 0. The van der Waals surface area contributed by atoms with E-state index in [-0.39, 0.29) is 6.10 Å². The molecule has 0 aromatic heterocycles. The van der Waals surface area contributed by atoms with Gasteiger partial charge < -0.3 is 9.47 Å². The lowest BCUT2D eigenvalue weighted by atomic mass is 10.2. The molecule has 0 rings (SSSR count). The minimum absolute atomic E-state index is 0.278. The van der Waals surface area contributed by atoms with Crippen molar-refractivity contribution in [3.05, 3.63) is 0 Å². The first-order valence-corrected chi connectivity index (χ1v) is 4.96. The molecule has 0 heterocycles. The number of unbranched alkanes of at least 4 members (excludes halogenated alkanes) is 3. The maximum absolute atomic E-state index is 5.27. The summed E-state index contributed by atoms with van der Waals surface area (Å²) in [5.41, 5.74) is 0. The smallest absolute Gasteiger partial charge is 0.147 e. The van der Waals surface area contributed by atoms with Crippen LogP contribution in [-0.4, -0.2) is 19.5 Å². The average Bonchev–Trinajstić information content (AvgIpc) is 2.02. The second kappa shape index (κ2) is 9.01. The molecule has 0 aromatic rings. The summed E-state index contributed by atoms with van der Waals surface area (Å²) in [7, 11) is 0. The van der Waals surface area contributed by atoms with Gasteiger partial charge in [-0.3, -0.25) is 0 Å². The lowest BCUT2D eigenvalue weighted by Gasteiger charge is -2.07. The highest BCUT2D eigenvalue weighted by Crippen LogP contribution is 1.99. The van der Waals surface area contributed by atoms with Gasteiger partial charge in [0.25, 0.3) is 0 Å². The summed E-state index contributed by atoms with van der Waals surface area (Å²) in [6.45, 7) is 7.53. The van der Waals surface area contributed by atoms with E-state index in [2.05, 4.69) is 6.92 Å². The van der Waals surface area contributed by atoms with E-state index in [1.54, 1.807) is 0 Å². The monoisotopic (exact) mass is 174 g/mol. The van der Waals surface area contributed by atoms with Gasteiger partial charge in [-0.25, -0.2) is 0 Å². The van der Waals surface area contributed by atoms with Crippen LogP contribution < -0.4 is 0 Å². The zero-order valence-electron chi connectivity index (χ0n) is 8.64. The Labute approximate surface area is 76.3 Å². The van der Waals surface area contributed by atoms with Gasteiger partial charge in [-0.05, 0) is 20.3 Å². The molecule has 0 bridgehead atoms. The Kier molecular flexibility index (Phi) is 8.95. The van der Waals surface area contributed by atoms with E-state index in [0.29, 0.717) is 6.79 Å². The minimum Gasteiger partial charge on any atom is -0.355 e. The first-order chi connectivity index (χ1) is 5.77. The molecular formula is C10H22O2. The summed E-state index contributed by atoms with van der Waals surface area (Å²) in [5, 5.41) is 0. The van der Waals surface area contributed by atoms with E-state index >= 15 is 0 Å². The van der Waals surface area contributed by atoms with Crippen LogP contribution in [0.4, 0.5) is 0 Å². The molecule has 0 saturated carbocycles. The number of rotatable bonds is 8. The molecule has 0 N–H and O–H groups in total. The first-order valence-electron chi connectivity index (χ1n) is 4.96. The van der Waals surface area contributed by atoms with Gasteiger partial charge in [0.15, 0.2) is 0 Å². The molecule has 74 valence electrons. The molecule has 0 aliphatic heterocycles. The van der Waals surface area contributed by atoms with Gasteiger partial charge >= 0.3 is 0 Å². The van der Waals surface area contributed by atoms with E-state index in [1.165, 1.54) is 19.3 Å². The van der Waals surface area contributed by atoms with Gasteiger partial charge in [-0.1, -0.05) is 26.2 Å². The predicted octanol–water partition coefficient (Wildman–Crippen LogP) is 2.97. The Balaban J connectivity index is 2.82. The van der Waals surface area contributed by atoms with E-state index in [9.17, 15) is 0 Å².